The van der Waals surface area contributed by atoms with Crippen LogP contribution in [0.15, 0.2) is 12.2 Å². The van der Waals surface area contributed by atoms with Crippen LogP contribution in [0.3, 0.4) is 0 Å². The summed E-state index contributed by atoms with van der Waals surface area (Å²) in [6.07, 6.45) is 10.2. The Bertz CT molecular complexity index is 430. The van der Waals surface area contributed by atoms with E-state index in [1.165, 1.54) is 19.3 Å². The Morgan fingerprint density at radius 3 is 2.84 bits per heavy atom. The Labute approximate surface area is 151 Å². The SMILES string of the molecule is CC1/C=C\CCC2CC2(COC(=O)NCCOCCOCCN)CC1. The van der Waals surface area contributed by atoms with Gasteiger partial charge in [0, 0.05) is 18.5 Å². The highest BCUT2D eigenvalue weighted by Gasteiger charge is 2.53. The van der Waals surface area contributed by atoms with Crippen molar-refractivity contribution in [3.8, 4) is 0 Å². The molecule has 2 aliphatic carbocycles. The van der Waals surface area contributed by atoms with E-state index in [1.807, 2.05) is 0 Å². The second kappa shape index (κ2) is 10.8. The molecule has 144 valence electrons. The first-order valence-corrected chi connectivity index (χ1v) is 9.59. The third-order valence-corrected chi connectivity index (χ3v) is 5.24. The summed E-state index contributed by atoms with van der Waals surface area (Å²) in [5.74, 6) is 1.34. The van der Waals surface area contributed by atoms with Crippen LogP contribution in [0.5, 0.6) is 0 Å². The smallest absolute Gasteiger partial charge is 0.407 e. The number of ether oxygens (including phenoxy) is 3. The lowest BCUT2D eigenvalue weighted by Gasteiger charge is -2.18. The normalized spacial score (nSPS) is 29.7. The van der Waals surface area contributed by atoms with E-state index in [0.717, 1.165) is 12.8 Å². The molecule has 3 unspecified atom stereocenters. The number of alkyl carbamates (subject to hydrolysis) is 1. The molecule has 0 spiro atoms. The summed E-state index contributed by atoms with van der Waals surface area (Å²) in [5.41, 5.74) is 5.55. The van der Waals surface area contributed by atoms with Crippen molar-refractivity contribution in [1.29, 1.82) is 0 Å². The quantitative estimate of drug-likeness (QED) is 0.465. The fourth-order valence-corrected chi connectivity index (χ4v) is 3.52. The summed E-state index contributed by atoms with van der Waals surface area (Å²) < 4.78 is 16.1. The molecule has 1 saturated carbocycles. The van der Waals surface area contributed by atoms with Gasteiger partial charge in [0.1, 0.15) is 0 Å². The number of carbonyl (C=O) groups is 1. The molecule has 0 heterocycles. The topological polar surface area (TPSA) is 82.8 Å². The van der Waals surface area contributed by atoms with Crippen molar-refractivity contribution >= 4 is 6.09 Å². The standard InChI is InChI=1S/C19H34N2O4/c1-16-4-2-3-5-17-14-19(17,7-6-16)15-25-18(22)21-9-11-24-13-12-23-10-8-20/h2,4,16-17H,3,5-15,20H2,1H3,(H,21,22)/b4-2-. The van der Waals surface area contributed by atoms with Crippen molar-refractivity contribution in [3.05, 3.63) is 12.2 Å². The van der Waals surface area contributed by atoms with Crippen LogP contribution in [-0.2, 0) is 14.2 Å². The van der Waals surface area contributed by atoms with Gasteiger partial charge in [-0.2, -0.15) is 0 Å². The first-order chi connectivity index (χ1) is 12.2. The lowest BCUT2D eigenvalue weighted by atomic mass is 9.93. The maximum atomic E-state index is 11.9. The zero-order chi connectivity index (χ0) is 18.0. The fourth-order valence-electron chi connectivity index (χ4n) is 3.52. The highest BCUT2D eigenvalue weighted by Crippen LogP contribution is 2.59. The van der Waals surface area contributed by atoms with E-state index in [2.05, 4.69) is 24.4 Å². The summed E-state index contributed by atoms with van der Waals surface area (Å²) in [6.45, 7) is 5.82. The highest BCUT2D eigenvalue weighted by molar-refractivity contribution is 5.67. The molecule has 6 heteroatoms. The summed E-state index contributed by atoms with van der Waals surface area (Å²) in [7, 11) is 0. The van der Waals surface area contributed by atoms with Crippen LogP contribution in [0.1, 0.15) is 39.0 Å². The van der Waals surface area contributed by atoms with Gasteiger partial charge >= 0.3 is 6.09 Å². The second-order valence-corrected chi connectivity index (χ2v) is 7.30. The van der Waals surface area contributed by atoms with Crippen molar-refractivity contribution in [2.75, 3.05) is 46.1 Å². The molecular formula is C19H34N2O4. The maximum Gasteiger partial charge on any atom is 0.407 e. The number of amides is 1. The lowest BCUT2D eigenvalue weighted by molar-refractivity contribution is 0.0505. The number of nitrogens with two attached hydrogens (primary N) is 1. The van der Waals surface area contributed by atoms with Gasteiger partial charge in [-0.15, -0.1) is 0 Å². The predicted molar refractivity (Wildman–Crippen MR) is 97.4 cm³/mol. The Morgan fingerprint density at radius 2 is 2.04 bits per heavy atom. The number of allylic oxidation sites excluding steroid dienone is 2. The van der Waals surface area contributed by atoms with Crippen LogP contribution in [0, 0.1) is 17.3 Å². The van der Waals surface area contributed by atoms with E-state index in [4.69, 9.17) is 19.9 Å². The van der Waals surface area contributed by atoms with Crippen molar-refractivity contribution in [1.82, 2.24) is 5.32 Å². The molecule has 2 aliphatic rings. The summed E-state index contributed by atoms with van der Waals surface area (Å²) >= 11 is 0. The molecule has 2 rings (SSSR count). The molecule has 6 nitrogen and oxygen atoms in total. The van der Waals surface area contributed by atoms with E-state index >= 15 is 0 Å². The van der Waals surface area contributed by atoms with Crippen LogP contribution in [0.25, 0.3) is 0 Å². The van der Waals surface area contributed by atoms with E-state index < -0.39 is 0 Å². The van der Waals surface area contributed by atoms with Gasteiger partial charge in [-0.25, -0.2) is 4.79 Å². The summed E-state index contributed by atoms with van der Waals surface area (Å²) in [4.78, 5) is 11.9. The highest BCUT2D eigenvalue weighted by atomic mass is 16.6. The van der Waals surface area contributed by atoms with E-state index in [-0.39, 0.29) is 11.5 Å². The molecule has 0 aromatic heterocycles. The molecule has 3 atom stereocenters. The van der Waals surface area contributed by atoms with Crippen molar-refractivity contribution in [2.24, 2.45) is 23.0 Å². The second-order valence-electron chi connectivity index (χ2n) is 7.30. The minimum absolute atomic E-state index is 0.231. The predicted octanol–water partition coefficient (Wildman–Crippen LogP) is 2.48. The molecule has 1 fully saturated rings. The monoisotopic (exact) mass is 354 g/mol. The molecule has 25 heavy (non-hydrogen) atoms. The molecule has 1 amide bonds. The summed E-state index contributed by atoms with van der Waals surface area (Å²) in [5, 5.41) is 2.75. The van der Waals surface area contributed by atoms with Crippen LogP contribution in [0.2, 0.25) is 0 Å². The zero-order valence-electron chi connectivity index (χ0n) is 15.5. The molecule has 0 aromatic carbocycles. The molecule has 3 N–H and O–H groups in total. The largest absolute Gasteiger partial charge is 0.449 e. The molecule has 0 aliphatic heterocycles. The third-order valence-electron chi connectivity index (χ3n) is 5.24. The van der Waals surface area contributed by atoms with Gasteiger partial charge in [0.05, 0.1) is 33.0 Å². The molecule has 0 aromatic rings. The molecule has 0 radical (unpaired) electrons. The minimum Gasteiger partial charge on any atom is -0.449 e. The minimum atomic E-state index is -0.339. The number of nitrogens with one attached hydrogen (secondary N) is 1. The molecular weight excluding hydrogens is 320 g/mol. The summed E-state index contributed by atoms with van der Waals surface area (Å²) in [6, 6.07) is 0. The van der Waals surface area contributed by atoms with Crippen LogP contribution in [0.4, 0.5) is 4.79 Å². The third kappa shape index (κ3) is 7.34. The fraction of sp³-hybridized carbons (Fsp3) is 0.842. The van der Waals surface area contributed by atoms with E-state index in [1.54, 1.807) is 0 Å². The van der Waals surface area contributed by atoms with Gasteiger partial charge in [0.25, 0.3) is 0 Å². The van der Waals surface area contributed by atoms with Crippen LogP contribution < -0.4 is 11.1 Å². The Hall–Kier alpha value is -1.11. The number of hydrogen-bond acceptors (Lipinski definition) is 5. The van der Waals surface area contributed by atoms with Crippen LogP contribution in [-0.4, -0.2) is 52.2 Å². The number of carbonyl (C=O) groups excluding carboxylic acids is 1. The van der Waals surface area contributed by atoms with Gasteiger partial charge in [-0.1, -0.05) is 19.1 Å². The lowest BCUT2D eigenvalue weighted by Crippen LogP contribution is -2.30. The Morgan fingerprint density at radius 1 is 1.24 bits per heavy atom. The van der Waals surface area contributed by atoms with Gasteiger partial charge in [0.2, 0.25) is 0 Å². The van der Waals surface area contributed by atoms with Gasteiger partial charge in [-0.05, 0) is 43.9 Å². The Kier molecular flexibility index (Phi) is 8.72. The molecule has 0 bridgehead atoms. The van der Waals surface area contributed by atoms with Crippen LogP contribution >= 0.6 is 0 Å². The van der Waals surface area contributed by atoms with Gasteiger partial charge < -0.3 is 25.3 Å². The van der Waals surface area contributed by atoms with Gasteiger partial charge in [0.15, 0.2) is 0 Å². The van der Waals surface area contributed by atoms with Gasteiger partial charge in [-0.3, -0.25) is 0 Å². The zero-order valence-corrected chi connectivity index (χ0v) is 15.5. The van der Waals surface area contributed by atoms with Crippen molar-refractivity contribution < 1.29 is 19.0 Å². The number of rotatable bonds is 10. The average molecular weight is 354 g/mol. The maximum absolute atomic E-state index is 11.9. The molecule has 0 saturated heterocycles. The first-order valence-electron chi connectivity index (χ1n) is 9.59. The van der Waals surface area contributed by atoms with E-state index in [9.17, 15) is 4.79 Å². The van der Waals surface area contributed by atoms with Crippen molar-refractivity contribution in [3.63, 3.8) is 0 Å². The van der Waals surface area contributed by atoms with Crippen molar-refractivity contribution in [2.45, 2.75) is 39.0 Å². The average Bonchev–Trinajstić information content (AvgIpc) is 3.29. The number of hydrogen-bond donors (Lipinski definition) is 2. The number of fused-ring (bicyclic) bond motifs is 1. The van der Waals surface area contributed by atoms with E-state index in [0.29, 0.717) is 58.0 Å². The first kappa shape index (κ1) is 20.2. The Balaban J connectivity index is 1.54.